The summed E-state index contributed by atoms with van der Waals surface area (Å²) in [7, 11) is 0. The Morgan fingerprint density at radius 1 is 1.44 bits per heavy atom. The van der Waals surface area contributed by atoms with Gasteiger partial charge in [0.2, 0.25) is 0 Å². The number of aromatic nitrogens is 2. The van der Waals surface area contributed by atoms with Crippen molar-refractivity contribution >= 4 is 22.4 Å². The maximum atomic E-state index is 11.1. The Morgan fingerprint density at radius 3 is 3.17 bits per heavy atom. The third-order valence-electron chi connectivity index (χ3n) is 2.62. The van der Waals surface area contributed by atoms with Gasteiger partial charge in [0.25, 0.3) is 0 Å². The average molecular weight is 261 g/mol. The number of oxazole rings is 1. The van der Waals surface area contributed by atoms with E-state index in [1.807, 2.05) is 17.5 Å². The van der Waals surface area contributed by atoms with Gasteiger partial charge in [-0.25, -0.2) is 9.78 Å². The lowest BCUT2D eigenvalue weighted by atomic mass is 10.2. The van der Waals surface area contributed by atoms with Gasteiger partial charge in [0.05, 0.1) is 11.2 Å². The largest absolute Gasteiger partial charge is 0.417 e. The molecule has 0 radical (unpaired) electrons. The molecule has 3 N–H and O–H groups in total. The molecule has 0 fully saturated rings. The topological polar surface area (TPSA) is 84.9 Å². The van der Waals surface area contributed by atoms with E-state index in [9.17, 15) is 4.79 Å². The molecule has 0 saturated carbocycles. The molecule has 2 heterocycles. The van der Waals surface area contributed by atoms with Crippen molar-refractivity contribution in [2.24, 2.45) is 5.73 Å². The lowest BCUT2D eigenvalue weighted by molar-refractivity contribution is 0.555. The second kappa shape index (κ2) is 4.40. The smallest absolute Gasteiger partial charge is 0.408 e. The van der Waals surface area contributed by atoms with Crippen molar-refractivity contribution in [2.75, 3.05) is 6.54 Å². The van der Waals surface area contributed by atoms with Crippen LogP contribution in [-0.2, 0) is 6.42 Å². The van der Waals surface area contributed by atoms with E-state index in [1.54, 1.807) is 17.4 Å². The van der Waals surface area contributed by atoms with Crippen molar-refractivity contribution in [3.63, 3.8) is 0 Å². The molecule has 0 saturated heterocycles. The van der Waals surface area contributed by atoms with E-state index in [2.05, 4.69) is 9.97 Å². The summed E-state index contributed by atoms with van der Waals surface area (Å²) >= 11 is 1.57. The van der Waals surface area contributed by atoms with Gasteiger partial charge < -0.3 is 10.2 Å². The molecular formula is C12H11N3O2S. The summed E-state index contributed by atoms with van der Waals surface area (Å²) in [6.45, 7) is 0.595. The first-order valence-corrected chi connectivity index (χ1v) is 6.42. The maximum absolute atomic E-state index is 11.1. The van der Waals surface area contributed by atoms with Crippen LogP contribution in [0.15, 0.2) is 32.8 Å². The summed E-state index contributed by atoms with van der Waals surface area (Å²) < 4.78 is 4.96. The van der Waals surface area contributed by atoms with Crippen LogP contribution in [0.3, 0.4) is 0 Å². The Labute approximate surface area is 106 Å². The molecule has 0 spiro atoms. The summed E-state index contributed by atoms with van der Waals surface area (Å²) in [6, 6.07) is 5.53. The van der Waals surface area contributed by atoms with E-state index in [1.165, 1.54) is 0 Å². The van der Waals surface area contributed by atoms with Crippen molar-refractivity contribution in [2.45, 2.75) is 6.42 Å². The van der Waals surface area contributed by atoms with Crippen LogP contribution >= 0.6 is 11.3 Å². The fourth-order valence-electron chi connectivity index (χ4n) is 1.79. The van der Waals surface area contributed by atoms with Crippen molar-refractivity contribution in [3.05, 3.63) is 39.8 Å². The first-order chi connectivity index (χ1) is 8.76. The van der Waals surface area contributed by atoms with Gasteiger partial charge in [-0.05, 0) is 24.7 Å². The average Bonchev–Trinajstić information content (AvgIpc) is 2.93. The van der Waals surface area contributed by atoms with Gasteiger partial charge in [-0.1, -0.05) is 0 Å². The van der Waals surface area contributed by atoms with E-state index in [4.69, 9.17) is 10.2 Å². The number of nitrogens with zero attached hydrogens (tertiary/aromatic N) is 1. The zero-order valence-electron chi connectivity index (χ0n) is 9.47. The van der Waals surface area contributed by atoms with Crippen LogP contribution in [0.2, 0.25) is 0 Å². The Morgan fingerprint density at radius 2 is 2.33 bits per heavy atom. The Hall–Kier alpha value is -1.92. The van der Waals surface area contributed by atoms with Gasteiger partial charge in [0.1, 0.15) is 5.01 Å². The highest BCUT2D eigenvalue weighted by Gasteiger charge is 2.07. The molecule has 6 heteroatoms. The predicted octanol–water partition coefficient (Wildman–Crippen LogP) is 1.75. The highest BCUT2D eigenvalue weighted by Crippen LogP contribution is 2.26. The molecule has 2 aromatic heterocycles. The van der Waals surface area contributed by atoms with E-state index in [0.717, 1.165) is 22.7 Å². The van der Waals surface area contributed by atoms with E-state index in [-0.39, 0.29) is 0 Å². The standard InChI is InChI=1S/C12H11N3O2S/c13-4-3-8-6-18-11(14-8)7-1-2-10-9(5-7)15-12(16)17-10/h1-2,5-6H,3-4,13H2,(H,15,16). The third kappa shape index (κ3) is 1.96. The number of benzene rings is 1. The fraction of sp³-hybridized carbons (Fsp3) is 0.167. The van der Waals surface area contributed by atoms with Crippen LogP contribution in [0.4, 0.5) is 0 Å². The monoisotopic (exact) mass is 261 g/mol. The van der Waals surface area contributed by atoms with Gasteiger partial charge in [0, 0.05) is 17.4 Å². The molecule has 0 unspecified atom stereocenters. The lowest BCUT2D eigenvalue weighted by Gasteiger charge is -1.95. The molecule has 18 heavy (non-hydrogen) atoms. The van der Waals surface area contributed by atoms with E-state index < -0.39 is 5.76 Å². The quantitative estimate of drug-likeness (QED) is 0.752. The molecule has 0 bridgehead atoms. The predicted molar refractivity (Wildman–Crippen MR) is 70.7 cm³/mol. The normalized spacial score (nSPS) is 11.2. The molecule has 3 rings (SSSR count). The molecule has 3 aromatic rings. The highest BCUT2D eigenvalue weighted by atomic mass is 32.1. The van der Waals surface area contributed by atoms with E-state index in [0.29, 0.717) is 17.6 Å². The molecule has 92 valence electrons. The first-order valence-electron chi connectivity index (χ1n) is 5.54. The minimum Gasteiger partial charge on any atom is -0.408 e. The van der Waals surface area contributed by atoms with Crippen molar-refractivity contribution in [3.8, 4) is 10.6 Å². The Kier molecular flexibility index (Phi) is 2.73. The van der Waals surface area contributed by atoms with Crippen LogP contribution in [0.25, 0.3) is 21.7 Å². The number of hydrogen-bond acceptors (Lipinski definition) is 5. The molecule has 0 aliphatic carbocycles. The van der Waals surface area contributed by atoms with Crippen molar-refractivity contribution < 1.29 is 4.42 Å². The van der Waals surface area contributed by atoms with Crippen LogP contribution in [0.5, 0.6) is 0 Å². The minimum absolute atomic E-state index is 0.440. The Bertz CT molecular complexity index is 741. The van der Waals surface area contributed by atoms with E-state index >= 15 is 0 Å². The van der Waals surface area contributed by atoms with Crippen LogP contribution < -0.4 is 11.5 Å². The molecule has 0 aliphatic rings. The van der Waals surface area contributed by atoms with Crippen LogP contribution in [0.1, 0.15) is 5.69 Å². The molecular weight excluding hydrogens is 250 g/mol. The third-order valence-corrected chi connectivity index (χ3v) is 3.56. The zero-order chi connectivity index (χ0) is 12.5. The van der Waals surface area contributed by atoms with Gasteiger partial charge in [-0.3, -0.25) is 4.98 Å². The molecule has 0 atom stereocenters. The minimum atomic E-state index is -0.440. The SMILES string of the molecule is NCCc1csc(-c2ccc3oc(=O)[nH]c3c2)n1. The number of H-pyrrole nitrogens is 1. The summed E-state index contributed by atoms with van der Waals surface area (Å²) in [5, 5.41) is 2.92. The van der Waals surface area contributed by atoms with Gasteiger partial charge in [-0.15, -0.1) is 11.3 Å². The summed E-state index contributed by atoms with van der Waals surface area (Å²) in [6.07, 6.45) is 0.779. The first kappa shape index (κ1) is 11.2. The van der Waals surface area contributed by atoms with Gasteiger partial charge >= 0.3 is 5.76 Å². The van der Waals surface area contributed by atoms with Gasteiger partial charge in [-0.2, -0.15) is 0 Å². The molecule has 5 nitrogen and oxygen atoms in total. The number of hydrogen-bond donors (Lipinski definition) is 2. The van der Waals surface area contributed by atoms with Crippen molar-refractivity contribution in [1.82, 2.24) is 9.97 Å². The van der Waals surface area contributed by atoms with Gasteiger partial charge in [0.15, 0.2) is 5.58 Å². The maximum Gasteiger partial charge on any atom is 0.417 e. The number of thiazole rings is 1. The highest BCUT2D eigenvalue weighted by molar-refractivity contribution is 7.13. The molecule has 0 aliphatic heterocycles. The summed E-state index contributed by atoms with van der Waals surface area (Å²) in [4.78, 5) is 18.2. The lowest BCUT2D eigenvalue weighted by Crippen LogP contribution is -2.02. The number of fused-ring (bicyclic) bond motifs is 1. The second-order valence-corrected chi connectivity index (χ2v) is 4.77. The number of nitrogens with one attached hydrogen (secondary N) is 1. The molecule has 1 aromatic carbocycles. The summed E-state index contributed by atoms with van der Waals surface area (Å²) in [5.41, 5.74) is 8.71. The number of nitrogens with two attached hydrogens (primary N) is 1. The van der Waals surface area contributed by atoms with Crippen LogP contribution in [0, 0.1) is 0 Å². The number of rotatable bonds is 3. The fourth-order valence-corrected chi connectivity index (χ4v) is 2.64. The summed E-state index contributed by atoms with van der Waals surface area (Å²) in [5.74, 6) is -0.440. The Balaban J connectivity index is 2.04. The zero-order valence-corrected chi connectivity index (χ0v) is 10.3. The van der Waals surface area contributed by atoms with Crippen LogP contribution in [-0.4, -0.2) is 16.5 Å². The molecule has 0 amide bonds. The number of aromatic amines is 1. The van der Waals surface area contributed by atoms with Crippen molar-refractivity contribution in [1.29, 1.82) is 0 Å². The second-order valence-electron chi connectivity index (χ2n) is 3.91.